The van der Waals surface area contributed by atoms with Crippen LogP contribution in [0.15, 0.2) is 29.3 Å². The van der Waals surface area contributed by atoms with Crippen molar-refractivity contribution in [3.63, 3.8) is 0 Å². The molecule has 29 heavy (non-hydrogen) atoms. The summed E-state index contributed by atoms with van der Waals surface area (Å²) in [5.41, 5.74) is -0.126. The van der Waals surface area contributed by atoms with E-state index >= 15 is 0 Å². The topological polar surface area (TPSA) is 48.9 Å². The molecule has 2 N–H and O–H groups in total. The van der Waals surface area contributed by atoms with E-state index in [1.807, 2.05) is 6.92 Å². The Kier molecular flexibility index (Phi) is 9.02. The zero-order valence-corrected chi connectivity index (χ0v) is 19.1. The Morgan fingerprint density at radius 2 is 1.93 bits per heavy atom. The molecule has 0 bridgehead atoms. The first-order chi connectivity index (χ1) is 13.4. The maximum atomic E-state index is 13.0. The number of ether oxygens (including phenoxy) is 1. The molecule has 1 aromatic rings. The highest BCUT2D eigenvalue weighted by atomic mass is 127. The van der Waals surface area contributed by atoms with Gasteiger partial charge in [0.1, 0.15) is 0 Å². The summed E-state index contributed by atoms with van der Waals surface area (Å²) in [6.45, 7) is 8.32. The highest BCUT2D eigenvalue weighted by Gasteiger charge is 2.45. The van der Waals surface area contributed by atoms with Crippen molar-refractivity contribution in [3.8, 4) is 0 Å². The second-order valence-electron chi connectivity index (χ2n) is 7.43. The van der Waals surface area contributed by atoms with E-state index in [9.17, 15) is 13.2 Å². The fourth-order valence-electron chi connectivity index (χ4n) is 3.44. The van der Waals surface area contributed by atoms with Crippen molar-refractivity contribution in [2.24, 2.45) is 4.99 Å². The van der Waals surface area contributed by atoms with Crippen LogP contribution in [0.1, 0.15) is 30.9 Å². The number of morpholine rings is 1. The van der Waals surface area contributed by atoms with Crippen LogP contribution < -0.4 is 10.6 Å². The first kappa shape index (κ1) is 24.2. The summed E-state index contributed by atoms with van der Waals surface area (Å²) in [4.78, 5) is 7.01. The molecular weight excluding hydrogens is 496 g/mol. The van der Waals surface area contributed by atoms with Gasteiger partial charge in [0.05, 0.1) is 25.3 Å². The van der Waals surface area contributed by atoms with Crippen LogP contribution in [0, 0.1) is 0 Å². The van der Waals surface area contributed by atoms with Gasteiger partial charge in [-0.25, -0.2) is 0 Å². The highest BCUT2D eigenvalue weighted by Crippen LogP contribution is 2.49. The number of nitrogens with one attached hydrogen (secondary N) is 2. The van der Waals surface area contributed by atoms with Crippen molar-refractivity contribution in [2.45, 2.75) is 31.4 Å². The summed E-state index contributed by atoms with van der Waals surface area (Å²) in [7, 11) is 0. The molecule has 0 atom stereocenters. The number of benzene rings is 1. The van der Waals surface area contributed by atoms with Gasteiger partial charge in [-0.05, 0) is 31.4 Å². The highest BCUT2D eigenvalue weighted by molar-refractivity contribution is 14.0. The van der Waals surface area contributed by atoms with Crippen molar-refractivity contribution in [1.82, 2.24) is 15.5 Å². The first-order valence-corrected chi connectivity index (χ1v) is 9.93. The monoisotopic (exact) mass is 526 g/mol. The van der Waals surface area contributed by atoms with Gasteiger partial charge in [0.25, 0.3) is 0 Å². The summed E-state index contributed by atoms with van der Waals surface area (Å²) in [5.74, 6) is 0.717. The van der Waals surface area contributed by atoms with Crippen LogP contribution in [-0.2, 0) is 16.3 Å². The van der Waals surface area contributed by atoms with E-state index in [0.29, 0.717) is 12.5 Å². The van der Waals surface area contributed by atoms with Crippen LogP contribution in [0.4, 0.5) is 13.2 Å². The van der Waals surface area contributed by atoms with Gasteiger partial charge in [-0.2, -0.15) is 13.2 Å². The lowest BCUT2D eigenvalue weighted by atomic mass is 9.94. The zero-order chi connectivity index (χ0) is 20.0. The molecule has 1 saturated heterocycles. The Balaban J connectivity index is 0.00000300. The molecule has 2 aliphatic rings. The van der Waals surface area contributed by atoms with E-state index in [1.165, 1.54) is 12.1 Å². The molecule has 1 heterocycles. The largest absolute Gasteiger partial charge is 0.416 e. The predicted molar refractivity (Wildman–Crippen MR) is 119 cm³/mol. The van der Waals surface area contributed by atoms with E-state index in [2.05, 4.69) is 20.5 Å². The minimum atomic E-state index is -4.31. The van der Waals surface area contributed by atoms with Crippen LogP contribution in [0.2, 0.25) is 0 Å². The Morgan fingerprint density at radius 1 is 1.21 bits per heavy atom. The molecular formula is C20H30F3IN4O. The lowest BCUT2D eigenvalue weighted by Gasteiger charge is -2.26. The summed E-state index contributed by atoms with van der Waals surface area (Å²) >= 11 is 0. The summed E-state index contributed by atoms with van der Waals surface area (Å²) in [6.07, 6.45) is -2.58. The van der Waals surface area contributed by atoms with E-state index in [4.69, 9.17) is 4.74 Å². The van der Waals surface area contributed by atoms with Gasteiger partial charge in [-0.3, -0.25) is 9.89 Å². The fourth-order valence-corrected chi connectivity index (χ4v) is 3.44. The molecule has 0 amide bonds. The smallest absolute Gasteiger partial charge is 0.379 e. The average molecular weight is 526 g/mol. The van der Waals surface area contributed by atoms with E-state index in [1.54, 1.807) is 6.07 Å². The summed E-state index contributed by atoms with van der Waals surface area (Å²) in [5, 5.41) is 6.56. The summed E-state index contributed by atoms with van der Waals surface area (Å²) < 4.78 is 44.4. The number of alkyl halides is 3. The Bertz CT molecular complexity index is 674. The molecule has 0 radical (unpaired) electrons. The molecule has 3 rings (SSSR count). The number of halogens is 4. The number of rotatable bonds is 7. The van der Waals surface area contributed by atoms with Crippen molar-refractivity contribution < 1.29 is 17.9 Å². The molecule has 9 heteroatoms. The molecule has 1 aliphatic heterocycles. The van der Waals surface area contributed by atoms with Crippen LogP contribution in [0.5, 0.6) is 0 Å². The molecule has 5 nitrogen and oxygen atoms in total. The summed E-state index contributed by atoms with van der Waals surface area (Å²) in [6, 6.07) is 5.69. The predicted octanol–water partition coefficient (Wildman–Crippen LogP) is 3.24. The Labute approximate surface area is 187 Å². The van der Waals surface area contributed by atoms with Crippen molar-refractivity contribution in [3.05, 3.63) is 35.4 Å². The molecule has 1 aliphatic carbocycles. The standard InChI is InChI=1S/C20H29F3N4O.HI/c1-2-24-18(25-8-9-27-10-12-28-13-11-27)26-15-19(6-7-19)16-4-3-5-17(14-16)20(21,22)23;/h3-5,14H,2,6-13,15H2,1H3,(H2,24,25,26);1H. The molecule has 2 fully saturated rings. The van der Waals surface area contributed by atoms with E-state index < -0.39 is 11.7 Å². The molecule has 1 saturated carbocycles. The van der Waals surface area contributed by atoms with Gasteiger partial charge < -0.3 is 15.4 Å². The Hall–Kier alpha value is -1.07. The quantitative estimate of drug-likeness (QED) is 0.326. The van der Waals surface area contributed by atoms with Crippen LogP contribution in [0.3, 0.4) is 0 Å². The average Bonchev–Trinajstić information content (AvgIpc) is 3.48. The van der Waals surface area contributed by atoms with E-state index in [0.717, 1.165) is 70.4 Å². The maximum Gasteiger partial charge on any atom is 0.416 e. The molecule has 0 aromatic heterocycles. The minimum Gasteiger partial charge on any atom is -0.379 e. The van der Waals surface area contributed by atoms with Gasteiger partial charge in [0.2, 0.25) is 0 Å². The number of nitrogens with zero attached hydrogens (tertiary/aromatic N) is 2. The Morgan fingerprint density at radius 3 is 2.55 bits per heavy atom. The fraction of sp³-hybridized carbons (Fsp3) is 0.650. The number of hydrogen-bond acceptors (Lipinski definition) is 3. The van der Waals surface area contributed by atoms with Gasteiger partial charge >= 0.3 is 6.18 Å². The zero-order valence-electron chi connectivity index (χ0n) is 16.7. The number of guanidine groups is 1. The van der Waals surface area contributed by atoms with E-state index in [-0.39, 0.29) is 29.4 Å². The van der Waals surface area contributed by atoms with Crippen LogP contribution in [0.25, 0.3) is 0 Å². The lowest BCUT2D eigenvalue weighted by Crippen LogP contribution is -2.44. The molecule has 164 valence electrons. The number of hydrogen-bond donors (Lipinski definition) is 2. The first-order valence-electron chi connectivity index (χ1n) is 9.93. The molecule has 0 spiro atoms. The van der Waals surface area contributed by atoms with Crippen molar-refractivity contribution >= 4 is 29.9 Å². The van der Waals surface area contributed by atoms with Gasteiger partial charge in [-0.1, -0.05) is 18.2 Å². The van der Waals surface area contributed by atoms with Gasteiger partial charge in [-0.15, -0.1) is 24.0 Å². The van der Waals surface area contributed by atoms with Crippen LogP contribution in [-0.4, -0.2) is 63.3 Å². The normalized spacial score (nSPS) is 19.4. The molecule has 0 unspecified atom stereocenters. The second kappa shape index (κ2) is 10.8. The van der Waals surface area contributed by atoms with Gasteiger partial charge in [0.15, 0.2) is 5.96 Å². The molecule has 1 aromatic carbocycles. The SMILES string of the molecule is CCNC(=NCC1(c2cccc(C(F)(F)F)c2)CC1)NCCN1CCOCC1.I. The maximum absolute atomic E-state index is 13.0. The van der Waals surface area contributed by atoms with Gasteiger partial charge in [0, 0.05) is 38.1 Å². The van der Waals surface area contributed by atoms with Crippen molar-refractivity contribution in [1.29, 1.82) is 0 Å². The third kappa shape index (κ3) is 6.99. The third-order valence-corrected chi connectivity index (χ3v) is 5.36. The second-order valence-corrected chi connectivity index (χ2v) is 7.43. The third-order valence-electron chi connectivity index (χ3n) is 5.36. The van der Waals surface area contributed by atoms with Crippen molar-refractivity contribution in [2.75, 3.05) is 52.5 Å². The number of aliphatic imine (C=N–C) groups is 1. The lowest BCUT2D eigenvalue weighted by molar-refractivity contribution is -0.137. The minimum absolute atomic E-state index is 0. The van der Waals surface area contributed by atoms with Crippen LogP contribution >= 0.6 is 24.0 Å².